The highest BCUT2D eigenvalue weighted by molar-refractivity contribution is 7.91. The van der Waals surface area contributed by atoms with Gasteiger partial charge in [-0.1, -0.05) is 37.6 Å². The molecule has 3 nitrogen and oxygen atoms in total. The largest absolute Gasteiger partial charge is 0.616 e. The Bertz CT molecular complexity index is 421. The molecule has 0 aliphatic carbocycles. The molecular formula is C13H18ClNO2S. The number of amides is 1. The Balaban J connectivity index is 2.60. The van der Waals surface area contributed by atoms with E-state index in [0.29, 0.717) is 17.5 Å². The molecule has 1 unspecified atom stereocenters. The molecule has 0 saturated carbocycles. The molecule has 100 valence electrons. The molecule has 1 rings (SSSR count). The van der Waals surface area contributed by atoms with E-state index in [1.54, 1.807) is 0 Å². The van der Waals surface area contributed by atoms with Gasteiger partial charge in [-0.2, -0.15) is 0 Å². The number of benzene rings is 1. The van der Waals surface area contributed by atoms with Crippen LogP contribution < -0.4 is 5.32 Å². The third kappa shape index (κ3) is 4.88. The van der Waals surface area contributed by atoms with E-state index in [4.69, 9.17) is 11.6 Å². The fraction of sp³-hybridized carbons (Fsp3) is 0.462. The molecule has 5 heteroatoms. The summed E-state index contributed by atoms with van der Waals surface area (Å²) in [6.07, 6.45) is 1.50. The molecule has 0 radical (unpaired) electrons. The predicted octanol–water partition coefficient (Wildman–Crippen LogP) is 2.46. The highest BCUT2D eigenvalue weighted by atomic mass is 35.5. The Hall–Kier alpha value is -0.710. The van der Waals surface area contributed by atoms with Crippen LogP contribution in [0, 0.1) is 0 Å². The maximum atomic E-state index is 11.4. The monoisotopic (exact) mass is 287 g/mol. The van der Waals surface area contributed by atoms with Gasteiger partial charge in [0, 0.05) is 11.6 Å². The standard InChI is InChI=1S/C13H18ClNO2S/c1-9(2)10-4-5-11(12(14)6-10)7-15-13(16)8-18(3)17/h4-6,9H,7-8H2,1-3H3,(H,15,16). The molecule has 1 atom stereocenters. The number of rotatable bonds is 5. The van der Waals surface area contributed by atoms with Gasteiger partial charge in [0.15, 0.2) is 5.75 Å². The summed E-state index contributed by atoms with van der Waals surface area (Å²) in [5.41, 5.74) is 2.04. The molecule has 0 aliphatic rings. The molecule has 1 aromatic carbocycles. The molecule has 1 N–H and O–H groups in total. The van der Waals surface area contributed by atoms with Crippen LogP contribution >= 0.6 is 11.6 Å². The van der Waals surface area contributed by atoms with Gasteiger partial charge >= 0.3 is 0 Å². The Labute approximate surface area is 116 Å². The van der Waals surface area contributed by atoms with Crippen molar-refractivity contribution in [3.8, 4) is 0 Å². The van der Waals surface area contributed by atoms with Gasteiger partial charge in [0.1, 0.15) is 0 Å². The summed E-state index contributed by atoms with van der Waals surface area (Å²) >= 11 is 5.04. The molecular weight excluding hydrogens is 270 g/mol. The van der Waals surface area contributed by atoms with Gasteiger partial charge < -0.3 is 9.87 Å². The fourth-order valence-electron chi connectivity index (χ4n) is 1.50. The van der Waals surface area contributed by atoms with Gasteiger partial charge in [0.25, 0.3) is 5.91 Å². The van der Waals surface area contributed by atoms with Gasteiger partial charge in [0.05, 0.1) is 6.26 Å². The Morgan fingerprint density at radius 2 is 2.17 bits per heavy atom. The van der Waals surface area contributed by atoms with E-state index in [1.165, 1.54) is 11.8 Å². The quantitative estimate of drug-likeness (QED) is 0.846. The molecule has 0 aliphatic heterocycles. The molecule has 1 amide bonds. The van der Waals surface area contributed by atoms with Crippen LogP contribution in [0.2, 0.25) is 5.02 Å². The number of carbonyl (C=O) groups excluding carboxylic acids is 1. The van der Waals surface area contributed by atoms with Crippen LogP contribution in [0.3, 0.4) is 0 Å². The van der Waals surface area contributed by atoms with Crippen LogP contribution in [0.1, 0.15) is 30.9 Å². The number of hydrogen-bond acceptors (Lipinski definition) is 2. The first-order valence-electron chi connectivity index (χ1n) is 5.75. The van der Waals surface area contributed by atoms with E-state index in [1.807, 2.05) is 18.2 Å². The first kappa shape index (κ1) is 15.3. The van der Waals surface area contributed by atoms with Gasteiger partial charge in [0.2, 0.25) is 0 Å². The summed E-state index contributed by atoms with van der Waals surface area (Å²) in [6.45, 7) is 4.57. The summed E-state index contributed by atoms with van der Waals surface area (Å²) in [7, 11) is 0. The van der Waals surface area contributed by atoms with Crippen molar-refractivity contribution in [1.29, 1.82) is 0 Å². The lowest BCUT2D eigenvalue weighted by molar-refractivity contribution is -0.118. The van der Waals surface area contributed by atoms with Crippen molar-refractivity contribution in [2.45, 2.75) is 26.3 Å². The van der Waals surface area contributed by atoms with Crippen LogP contribution in [0.5, 0.6) is 0 Å². The second-order valence-electron chi connectivity index (χ2n) is 4.50. The summed E-state index contributed by atoms with van der Waals surface area (Å²) in [6, 6.07) is 5.85. The molecule has 0 spiro atoms. The van der Waals surface area contributed by atoms with Crippen LogP contribution in [0.4, 0.5) is 0 Å². The zero-order valence-electron chi connectivity index (χ0n) is 10.8. The Morgan fingerprint density at radius 3 is 2.67 bits per heavy atom. The fourth-order valence-corrected chi connectivity index (χ4v) is 2.22. The van der Waals surface area contributed by atoms with Gasteiger partial charge in [-0.25, -0.2) is 0 Å². The lowest BCUT2D eigenvalue weighted by Gasteiger charge is -2.11. The second-order valence-corrected chi connectivity index (χ2v) is 6.34. The maximum Gasteiger partial charge on any atom is 0.270 e. The number of halogens is 1. The molecule has 0 saturated heterocycles. The smallest absolute Gasteiger partial charge is 0.270 e. The van der Waals surface area contributed by atoms with Crippen molar-refractivity contribution in [1.82, 2.24) is 5.32 Å². The van der Waals surface area contributed by atoms with Crippen molar-refractivity contribution >= 4 is 28.7 Å². The van der Waals surface area contributed by atoms with E-state index < -0.39 is 11.2 Å². The maximum absolute atomic E-state index is 11.4. The highest BCUT2D eigenvalue weighted by Crippen LogP contribution is 2.22. The SMILES string of the molecule is CC(C)c1ccc(CNC(=O)C[S+](C)[O-])c(Cl)c1. The molecule has 0 aromatic heterocycles. The van der Waals surface area contributed by atoms with E-state index in [9.17, 15) is 9.35 Å². The molecule has 18 heavy (non-hydrogen) atoms. The minimum absolute atomic E-state index is 0.0295. The summed E-state index contributed by atoms with van der Waals surface area (Å²) in [5, 5.41) is 3.36. The van der Waals surface area contributed by atoms with Crippen LogP contribution in [0.15, 0.2) is 18.2 Å². The Kier molecular flexibility index (Phi) is 5.99. The van der Waals surface area contributed by atoms with Gasteiger partial charge in [-0.15, -0.1) is 0 Å². The van der Waals surface area contributed by atoms with Crippen molar-refractivity contribution < 1.29 is 9.35 Å². The number of hydrogen-bond donors (Lipinski definition) is 1. The van der Waals surface area contributed by atoms with Crippen LogP contribution in [0.25, 0.3) is 0 Å². The Morgan fingerprint density at radius 1 is 1.50 bits per heavy atom. The molecule has 1 aromatic rings. The lowest BCUT2D eigenvalue weighted by atomic mass is 10.0. The highest BCUT2D eigenvalue weighted by Gasteiger charge is 2.09. The minimum Gasteiger partial charge on any atom is -0.616 e. The predicted molar refractivity (Wildman–Crippen MR) is 76.3 cm³/mol. The second kappa shape index (κ2) is 7.02. The first-order chi connectivity index (χ1) is 8.40. The zero-order chi connectivity index (χ0) is 13.7. The number of nitrogens with one attached hydrogen (secondary N) is 1. The molecule has 0 heterocycles. The average molecular weight is 288 g/mol. The number of carbonyl (C=O) groups is 1. The topological polar surface area (TPSA) is 52.2 Å². The third-order valence-corrected chi connectivity index (χ3v) is 3.57. The first-order valence-corrected chi connectivity index (χ1v) is 7.85. The van der Waals surface area contributed by atoms with Crippen LogP contribution in [-0.2, 0) is 22.5 Å². The molecule has 0 fully saturated rings. The van der Waals surface area contributed by atoms with E-state index in [0.717, 1.165) is 5.56 Å². The summed E-state index contributed by atoms with van der Waals surface area (Å²) in [4.78, 5) is 11.4. The van der Waals surface area contributed by atoms with E-state index >= 15 is 0 Å². The van der Waals surface area contributed by atoms with Gasteiger partial charge in [-0.3, -0.25) is 4.79 Å². The van der Waals surface area contributed by atoms with Gasteiger partial charge in [-0.05, 0) is 34.3 Å². The van der Waals surface area contributed by atoms with Crippen LogP contribution in [-0.4, -0.2) is 22.5 Å². The van der Waals surface area contributed by atoms with Crippen molar-refractivity contribution in [2.24, 2.45) is 0 Å². The van der Waals surface area contributed by atoms with Crippen molar-refractivity contribution in [3.63, 3.8) is 0 Å². The van der Waals surface area contributed by atoms with Crippen molar-refractivity contribution in [3.05, 3.63) is 34.3 Å². The zero-order valence-corrected chi connectivity index (χ0v) is 12.4. The van der Waals surface area contributed by atoms with Crippen molar-refractivity contribution in [2.75, 3.05) is 12.0 Å². The third-order valence-electron chi connectivity index (χ3n) is 2.55. The van der Waals surface area contributed by atoms with E-state index in [2.05, 4.69) is 19.2 Å². The normalized spacial score (nSPS) is 12.6. The lowest BCUT2D eigenvalue weighted by Crippen LogP contribution is -2.29. The minimum atomic E-state index is -1.11. The summed E-state index contributed by atoms with van der Waals surface area (Å²) in [5.74, 6) is 0.232. The summed E-state index contributed by atoms with van der Waals surface area (Å²) < 4.78 is 10.9. The van der Waals surface area contributed by atoms with E-state index in [-0.39, 0.29) is 11.7 Å². The average Bonchev–Trinajstić information content (AvgIpc) is 2.26. The molecule has 0 bridgehead atoms.